The summed E-state index contributed by atoms with van der Waals surface area (Å²) in [4.78, 5) is 36.3. The number of anilines is 1. The van der Waals surface area contributed by atoms with E-state index in [1.54, 1.807) is 37.3 Å². The second-order valence-electron chi connectivity index (χ2n) is 5.39. The molecule has 7 nitrogen and oxygen atoms in total. The van der Waals surface area contributed by atoms with Crippen molar-refractivity contribution in [1.29, 1.82) is 0 Å². The van der Waals surface area contributed by atoms with Gasteiger partial charge in [0.25, 0.3) is 5.89 Å². The lowest BCUT2D eigenvalue weighted by Crippen LogP contribution is -2.30. The van der Waals surface area contributed by atoms with Gasteiger partial charge in [-0.3, -0.25) is 9.59 Å². The summed E-state index contributed by atoms with van der Waals surface area (Å²) in [6, 6.07) is 9.26. The first kappa shape index (κ1) is 16.8. The molecule has 0 aliphatic rings. The van der Waals surface area contributed by atoms with Crippen LogP contribution in [0.25, 0.3) is 10.8 Å². The summed E-state index contributed by atoms with van der Waals surface area (Å²) < 4.78 is 6.12. The predicted octanol–water partition coefficient (Wildman–Crippen LogP) is 2.97. The molecule has 3 aromatic rings. The van der Waals surface area contributed by atoms with E-state index in [4.69, 9.17) is 4.42 Å². The number of carbonyl (C=O) groups is 2. The van der Waals surface area contributed by atoms with Gasteiger partial charge in [-0.05, 0) is 49.6 Å². The van der Waals surface area contributed by atoms with Crippen LogP contribution in [0.3, 0.4) is 0 Å². The third-order valence-corrected chi connectivity index (χ3v) is 4.46. The van der Waals surface area contributed by atoms with Gasteiger partial charge in [-0.2, -0.15) is 4.68 Å². The van der Waals surface area contributed by atoms with Crippen molar-refractivity contribution in [2.45, 2.75) is 19.9 Å². The molecule has 0 aliphatic carbocycles. The number of nitrogens with zero attached hydrogens (tertiary/aromatic N) is 2. The molecule has 1 N–H and O–H groups in total. The number of Topliss-reactive ketones (excluding diaryl/α,β-unsaturated/α-hetero) is 1. The Balaban J connectivity index is 1.76. The highest BCUT2D eigenvalue weighted by Gasteiger charge is 2.22. The minimum absolute atomic E-state index is 0.0542. The zero-order valence-corrected chi connectivity index (χ0v) is 14.4. The van der Waals surface area contributed by atoms with Gasteiger partial charge in [0.15, 0.2) is 5.78 Å². The largest absolute Gasteiger partial charge is 0.438 e. The zero-order valence-electron chi connectivity index (χ0n) is 13.6. The maximum absolute atomic E-state index is 12.4. The highest BCUT2D eigenvalue weighted by molar-refractivity contribution is 7.13. The van der Waals surface area contributed by atoms with Crippen LogP contribution in [0, 0.1) is 0 Å². The van der Waals surface area contributed by atoms with Gasteiger partial charge >= 0.3 is 5.76 Å². The van der Waals surface area contributed by atoms with Gasteiger partial charge < -0.3 is 9.73 Å². The third kappa shape index (κ3) is 3.58. The Labute approximate surface area is 146 Å². The maximum atomic E-state index is 12.4. The topological polar surface area (TPSA) is 94.2 Å². The van der Waals surface area contributed by atoms with Crippen molar-refractivity contribution < 1.29 is 14.0 Å². The van der Waals surface area contributed by atoms with Crippen molar-refractivity contribution in [1.82, 2.24) is 9.78 Å². The first-order valence-corrected chi connectivity index (χ1v) is 8.39. The molecule has 0 spiro atoms. The molecule has 1 aromatic carbocycles. The second-order valence-corrected chi connectivity index (χ2v) is 6.34. The highest BCUT2D eigenvalue weighted by Crippen LogP contribution is 2.22. The SMILES string of the molecule is CC(=O)c1ccc(NC(=O)[C@H](C)n2nc(-c3cccs3)oc2=O)cc1. The van der Waals surface area contributed by atoms with E-state index < -0.39 is 17.7 Å². The smallest absolute Gasteiger partial charge is 0.387 e. The molecular weight excluding hydrogens is 342 g/mol. The first-order chi connectivity index (χ1) is 12.0. The lowest BCUT2D eigenvalue weighted by molar-refractivity contribution is -0.119. The fourth-order valence-corrected chi connectivity index (χ4v) is 2.82. The molecule has 1 atom stereocenters. The number of carbonyl (C=O) groups excluding carboxylic acids is 2. The Bertz CT molecular complexity index is 955. The molecule has 2 aromatic heterocycles. The minimum atomic E-state index is -0.850. The number of hydrogen-bond donors (Lipinski definition) is 1. The van der Waals surface area contributed by atoms with Gasteiger partial charge in [0.2, 0.25) is 5.91 Å². The van der Waals surface area contributed by atoms with E-state index in [-0.39, 0.29) is 11.7 Å². The van der Waals surface area contributed by atoms with Crippen LogP contribution in [0.15, 0.2) is 51.0 Å². The number of aromatic nitrogens is 2. The van der Waals surface area contributed by atoms with Crippen molar-refractivity contribution in [3.05, 3.63) is 57.9 Å². The minimum Gasteiger partial charge on any atom is -0.387 e. The predicted molar refractivity (Wildman–Crippen MR) is 93.9 cm³/mol. The number of nitrogens with one attached hydrogen (secondary N) is 1. The van der Waals surface area contributed by atoms with E-state index >= 15 is 0 Å². The Morgan fingerprint density at radius 2 is 1.96 bits per heavy atom. The monoisotopic (exact) mass is 357 g/mol. The van der Waals surface area contributed by atoms with E-state index in [9.17, 15) is 14.4 Å². The quantitative estimate of drug-likeness (QED) is 0.709. The molecule has 25 heavy (non-hydrogen) atoms. The Kier molecular flexibility index (Phi) is 4.62. The van der Waals surface area contributed by atoms with Crippen LogP contribution in [-0.4, -0.2) is 21.5 Å². The summed E-state index contributed by atoms with van der Waals surface area (Å²) in [6.07, 6.45) is 0. The van der Waals surface area contributed by atoms with Crippen molar-refractivity contribution in [2.75, 3.05) is 5.32 Å². The standard InChI is InChI=1S/C17H15N3O4S/c1-10(15(22)18-13-7-5-12(6-8-13)11(2)21)20-17(23)24-16(19-20)14-4-3-9-25-14/h3-10H,1-2H3,(H,18,22)/t10-/m0/s1. The van der Waals surface area contributed by atoms with Gasteiger partial charge in [-0.15, -0.1) is 16.4 Å². The molecule has 3 rings (SSSR count). The molecule has 0 radical (unpaired) electrons. The number of rotatable bonds is 5. The summed E-state index contributed by atoms with van der Waals surface area (Å²) in [6.45, 7) is 3.03. The van der Waals surface area contributed by atoms with E-state index in [1.807, 2.05) is 11.4 Å². The summed E-state index contributed by atoms with van der Waals surface area (Å²) >= 11 is 1.39. The number of amides is 1. The number of ketones is 1. The molecule has 0 saturated carbocycles. The lowest BCUT2D eigenvalue weighted by Gasteiger charge is -2.11. The summed E-state index contributed by atoms with van der Waals surface area (Å²) in [5, 5.41) is 8.63. The highest BCUT2D eigenvalue weighted by atomic mass is 32.1. The van der Waals surface area contributed by atoms with Gasteiger partial charge in [0, 0.05) is 11.3 Å². The molecule has 0 bridgehead atoms. The average molecular weight is 357 g/mol. The molecule has 8 heteroatoms. The van der Waals surface area contributed by atoms with Crippen LogP contribution in [0.4, 0.5) is 5.69 Å². The van der Waals surface area contributed by atoms with E-state index in [0.717, 1.165) is 4.68 Å². The average Bonchev–Trinajstić information content (AvgIpc) is 3.24. The van der Waals surface area contributed by atoms with E-state index in [2.05, 4.69) is 10.4 Å². The van der Waals surface area contributed by atoms with Crippen LogP contribution in [0.5, 0.6) is 0 Å². The Morgan fingerprint density at radius 1 is 1.24 bits per heavy atom. The Hall–Kier alpha value is -3.00. The van der Waals surface area contributed by atoms with Gasteiger partial charge in [-0.1, -0.05) is 6.07 Å². The van der Waals surface area contributed by atoms with E-state index in [1.165, 1.54) is 18.3 Å². The van der Waals surface area contributed by atoms with Gasteiger partial charge in [0.05, 0.1) is 4.88 Å². The van der Waals surface area contributed by atoms with Gasteiger partial charge in [-0.25, -0.2) is 4.79 Å². The molecule has 1 amide bonds. The van der Waals surface area contributed by atoms with Crippen LogP contribution in [-0.2, 0) is 4.79 Å². The van der Waals surface area contributed by atoms with Crippen molar-refractivity contribution >= 4 is 28.7 Å². The molecule has 2 heterocycles. The van der Waals surface area contributed by atoms with Crippen molar-refractivity contribution in [2.24, 2.45) is 0 Å². The third-order valence-electron chi connectivity index (χ3n) is 3.61. The Morgan fingerprint density at radius 3 is 2.56 bits per heavy atom. The molecule has 0 saturated heterocycles. The second kappa shape index (κ2) is 6.86. The number of thiophene rings is 1. The van der Waals surface area contributed by atoms with Crippen molar-refractivity contribution in [3.63, 3.8) is 0 Å². The van der Waals surface area contributed by atoms with Gasteiger partial charge in [0.1, 0.15) is 6.04 Å². The molecular formula is C17H15N3O4S. The summed E-state index contributed by atoms with van der Waals surface area (Å²) in [7, 11) is 0. The van der Waals surface area contributed by atoms with Crippen LogP contribution >= 0.6 is 11.3 Å². The number of hydrogen-bond acceptors (Lipinski definition) is 6. The fourth-order valence-electron chi connectivity index (χ4n) is 2.18. The van der Waals surface area contributed by atoms with Crippen LogP contribution in [0.2, 0.25) is 0 Å². The first-order valence-electron chi connectivity index (χ1n) is 7.51. The normalized spacial score (nSPS) is 11.9. The summed E-state index contributed by atoms with van der Waals surface area (Å²) in [5.74, 6) is -0.978. The van der Waals surface area contributed by atoms with Crippen molar-refractivity contribution in [3.8, 4) is 10.8 Å². The molecule has 0 fully saturated rings. The lowest BCUT2D eigenvalue weighted by atomic mass is 10.1. The van der Waals surface area contributed by atoms with Crippen LogP contribution in [0.1, 0.15) is 30.2 Å². The zero-order chi connectivity index (χ0) is 18.0. The molecule has 0 unspecified atom stereocenters. The molecule has 128 valence electrons. The molecule has 0 aliphatic heterocycles. The summed E-state index contributed by atoms with van der Waals surface area (Å²) in [5.41, 5.74) is 1.08. The fraction of sp³-hybridized carbons (Fsp3) is 0.176. The maximum Gasteiger partial charge on any atom is 0.438 e. The van der Waals surface area contributed by atoms with Crippen LogP contribution < -0.4 is 11.1 Å². The van der Waals surface area contributed by atoms with E-state index in [0.29, 0.717) is 16.1 Å². The number of benzene rings is 1.